The van der Waals surface area contributed by atoms with Gasteiger partial charge < -0.3 is 19.5 Å². The Bertz CT molecular complexity index is 415. The lowest BCUT2D eigenvalue weighted by molar-refractivity contribution is -0.139. The van der Waals surface area contributed by atoms with E-state index in [4.69, 9.17) is 9.84 Å². The maximum atomic E-state index is 11.2. The molecule has 0 spiro atoms. The van der Waals surface area contributed by atoms with Crippen molar-refractivity contribution in [1.82, 2.24) is 0 Å². The van der Waals surface area contributed by atoms with E-state index in [0.29, 0.717) is 11.4 Å². The number of anilines is 1. The van der Waals surface area contributed by atoms with Crippen molar-refractivity contribution in [2.45, 2.75) is 0 Å². The molecule has 0 aliphatic carbocycles. The number of carbonyl (C=O) groups excluding carboxylic acids is 1. The first-order valence-electron chi connectivity index (χ1n) is 5.24. The summed E-state index contributed by atoms with van der Waals surface area (Å²) in [7, 11) is 2.80. The van der Waals surface area contributed by atoms with Crippen LogP contribution in [0.25, 0.3) is 0 Å². The number of esters is 1. The molecule has 0 saturated heterocycles. The molecule has 0 atom stereocenters. The largest absolute Gasteiger partial charge is 0.497 e. The number of aliphatic carboxylic acids is 1. The lowest BCUT2D eigenvalue weighted by Gasteiger charge is -2.21. The quantitative estimate of drug-likeness (QED) is 0.754. The van der Waals surface area contributed by atoms with Crippen LogP contribution in [0.1, 0.15) is 0 Å². The van der Waals surface area contributed by atoms with Gasteiger partial charge in [-0.15, -0.1) is 0 Å². The summed E-state index contributed by atoms with van der Waals surface area (Å²) in [4.78, 5) is 23.4. The van der Waals surface area contributed by atoms with Crippen molar-refractivity contribution in [3.05, 3.63) is 24.3 Å². The van der Waals surface area contributed by atoms with Crippen LogP contribution in [-0.2, 0) is 14.3 Å². The lowest BCUT2D eigenvalue weighted by Crippen LogP contribution is -2.35. The van der Waals surface area contributed by atoms with Crippen molar-refractivity contribution in [3.63, 3.8) is 0 Å². The van der Waals surface area contributed by atoms with Gasteiger partial charge in [-0.25, -0.2) is 0 Å². The van der Waals surface area contributed by atoms with Crippen LogP contribution >= 0.6 is 0 Å². The lowest BCUT2D eigenvalue weighted by atomic mass is 10.2. The van der Waals surface area contributed by atoms with E-state index in [0.717, 1.165) is 0 Å². The maximum Gasteiger partial charge on any atom is 0.325 e. The van der Waals surface area contributed by atoms with Crippen molar-refractivity contribution in [1.29, 1.82) is 0 Å². The highest BCUT2D eigenvalue weighted by molar-refractivity contribution is 5.80. The molecule has 6 heteroatoms. The Kier molecular flexibility index (Phi) is 4.98. The van der Waals surface area contributed by atoms with E-state index < -0.39 is 11.9 Å². The molecule has 0 saturated carbocycles. The predicted molar refractivity (Wildman–Crippen MR) is 64.9 cm³/mol. The van der Waals surface area contributed by atoms with Crippen LogP contribution in [0, 0.1) is 0 Å². The second-order valence-electron chi connectivity index (χ2n) is 3.52. The summed E-state index contributed by atoms with van der Waals surface area (Å²) in [5.41, 5.74) is 0.614. The molecular weight excluding hydrogens is 238 g/mol. The SMILES string of the molecule is COC(=O)CN(CC(=O)O)c1ccc(OC)cc1. The highest BCUT2D eigenvalue weighted by Gasteiger charge is 2.15. The van der Waals surface area contributed by atoms with Crippen LogP contribution in [0.2, 0.25) is 0 Å². The molecule has 1 N–H and O–H groups in total. The third-order valence-corrected chi connectivity index (χ3v) is 2.31. The second kappa shape index (κ2) is 6.48. The molecule has 0 unspecified atom stereocenters. The first-order valence-corrected chi connectivity index (χ1v) is 5.24. The van der Waals surface area contributed by atoms with Crippen molar-refractivity contribution < 1.29 is 24.2 Å². The number of benzene rings is 1. The molecule has 0 bridgehead atoms. The van der Waals surface area contributed by atoms with Gasteiger partial charge in [0.1, 0.15) is 18.8 Å². The Morgan fingerprint density at radius 1 is 1.17 bits per heavy atom. The van der Waals surface area contributed by atoms with Crippen LogP contribution < -0.4 is 9.64 Å². The third kappa shape index (κ3) is 3.97. The topological polar surface area (TPSA) is 76.1 Å². The summed E-state index contributed by atoms with van der Waals surface area (Å²) in [6.07, 6.45) is 0. The van der Waals surface area contributed by atoms with Gasteiger partial charge in [0.25, 0.3) is 0 Å². The second-order valence-corrected chi connectivity index (χ2v) is 3.52. The average Bonchev–Trinajstić information content (AvgIpc) is 2.37. The van der Waals surface area contributed by atoms with Gasteiger partial charge in [0, 0.05) is 5.69 Å². The van der Waals surface area contributed by atoms with E-state index in [1.807, 2.05) is 0 Å². The standard InChI is InChI=1S/C12H15NO5/c1-17-10-5-3-9(4-6-10)13(7-11(14)15)8-12(16)18-2/h3-6H,7-8H2,1-2H3,(H,14,15). The number of carbonyl (C=O) groups is 2. The first-order chi connectivity index (χ1) is 8.56. The van der Waals surface area contributed by atoms with E-state index in [2.05, 4.69) is 4.74 Å². The fraction of sp³-hybridized carbons (Fsp3) is 0.333. The summed E-state index contributed by atoms with van der Waals surface area (Å²) in [6.45, 7) is -0.392. The number of hydrogen-bond acceptors (Lipinski definition) is 5. The van der Waals surface area contributed by atoms with Gasteiger partial charge in [0.05, 0.1) is 14.2 Å². The highest BCUT2D eigenvalue weighted by atomic mass is 16.5. The van der Waals surface area contributed by atoms with Crippen LogP contribution in [0.3, 0.4) is 0 Å². The van der Waals surface area contributed by atoms with E-state index >= 15 is 0 Å². The first kappa shape index (κ1) is 13.8. The number of carboxylic acids is 1. The van der Waals surface area contributed by atoms with E-state index in [1.165, 1.54) is 12.0 Å². The summed E-state index contributed by atoms with van der Waals surface area (Å²) < 4.78 is 9.54. The Hall–Kier alpha value is -2.24. The zero-order valence-electron chi connectivity index (χ0n) is 10.3. The monoisotopic (exact) mass is 253 g/mol. The van der Waals surface area contributed by atoms with E-state index in [1.54, 1.807) is 31.4 Å². The molecule has 1 aromatic carbocycles. The number of rotatable bonds is 6. The normalized spacial score (nSPS) is 9.67. The van der Waals surface area contributed by atoms with Crippen LogP contribution in [0.4, 0.5) is 5.69 Å². The Morgan fingerprint density at radius 2 is 1.78 bits per heavy atom. The molecule has 0 heterocycles. The fourth-order valence-electron chi connectivity index (χ4n) is 1.42. The molecule has 18 heavy (non-hydrogen) atoms. The minimum absolute atomic E-state index is 0.116. The van der Waals surface area contributed by atoms with Gasteiger partial charge in [-0.05, 0) is 24.3 Å². The number of nitrogens with zero attached hydrogens (tertiary/aromatic N) is 1. The smallest absolute Gasteiger partial charge is 0.325 e. The number of carboxylic acid groups (broad SMARTS) is 1. The van der Waals surface area contributed by atoms with Gasteiger partial charge >= 0.3 is 11.9 Å². The van der Waals surface area contributed by atoms with Gasteiger partial charge in [-0.2, -0.15) is 0 Å². The highest BCUT2D eigenvalue weighted by Crippen LogP contribution is 2.19. The van der Waals surface area contributed by atoms with Crippen molar-refractivity contribution in [2.75, 3.05) is 32.2 Å². The molecular formula is C12H15NO5. The summed E-state index contributed by atoms with van der Waals surface area (Å²) in [5, 5.41) is 8.81. The van der Waals surface area contributed by atoms with Crippen molar-refractivity contribution >= 4 is 17.6 Å². The Morgan fingerprint density at radius 3 is 2.22 bits per heavy atom. The number of hydrogen-bond donors (Lipinski definition) is 1. The summed E-state index contributed by atoms with van der Waals surface area (Å²) in [5.74, 6) is -0.853. The molecule has 0 amide bonds. The zero-order chi connectivity index (χ0) is 13.5. The minimum atomic E-state index is -1.02. The van der Waals surface area contributed by atoms with Crippen LogP contribution in [0.15, 0.2) is 24.3 Å². The fourth-order valence-corrected chi connectivity index (χ4v) is 1.42. The number of methoxy groups -OCH3 is 2. The molecule has 1 rings (SSSR count). The summed E-state index contributed by atoms with van der Waals surface area (Å²) >= 11 is 0. The van der Waals surface area contributed by atoms with Crippen molar-refractivity contribution in [2.24, 2.45) is 0 Å². The van der Waals surface area contributed by atoms with Crippen LogP contribution in [0.5, 0.6) is 5.75 Å². The van der Waals surface area contributed by atoms with Gasteiger partial charge in [0.15, 0.2) is 0 Å². The van der Waals surface area contributed by atoms with Gasteiger partial charge in [-0.1, -0.05) is 0 Å². The van der Waals surface area contributed by atoms with Gasteiger partial charge in [-0.3, -0.25) is 9.59 Å². The molecule has 0 aromatic heterocycles. The van der Waals surface area contributed by atoms with E-state index in [9.17, 15) is 9.59 Å². The molecule has 0 aliphatic rings. The zero-order valence-corrected chi connectivity index (χ0v) is 10.3. The van der Waals surface area contributed by atoms with Crippen LogP contribution in [-0.4, -0.2) is 44.4 Å². The molecule has 0 fully saturated rings. The third-order valence-electron chi connectivity index (χ3n) is 2.31. The Labute approximate surface area is 105 Å². The Balaban J connectivity index is 2.86. The molecule has 98 valence electrons. The van der Waals surface area contributed by atoms with Gasteiger partial charge in [0.2, 0.25) is 0 Å². The summed E-state index contributed by atoms with van der Waals surface area (Å²) in [6, 6.07) is 6.76. The molecule has 0 radical (unpaired) electrons. The molecule has 0 aliphatic heterocycles. The predicted octanol–water partition coefficient (Wildman–Crippen LogP) is 0.759. The molecule has 1 aromatic rings. The maximum absolute atomic E-state index is 11.2. The minimum Gasteiger partial charge on any atom is -0.497 e. The number of ether oxygens (including phenoxy) is 2. The average molecular weight is 253 g/mol. The van der Waals surface area contributed by atoms with Crippen molar-refractivity contribution in [3.8, 4) is 5.75 Å². The molecule has 6 nitrogen and oxygen atoms in total. The van der Waals surface area contributed by atoms with E-state index in [-0.39, 0.29) is 13.1 Å².